The molecule has 0 aliphatic carbocycles. The van der Waals surface area contributed by atoms with Crippen molar-refractivity contribution in [3.8, 4) is 0 Å². The molecule has 176 valence electrons. The van der Waals surface area contributed by atoms with E-state index in [1.54, 1.807) is 35.1 Å². The molecular formula is C27H30ClN4OS+. The van der Waals surface area contributed by atoms with Gasteiger partial charge in [-0.05, 0) is 59.5 Å². The number of aromatic nitrogens is 3. The van der Waals surface area contributed by atoms with E-state index in [0.717, 1.165) is 29.3 Å². The minimum atomic E-state index is -0.0258. The summed E-state index contributed by atoms with van der Waals surface area (Å²) in [5.74, 6) is 0.956. The van der Waals surface area contributed by atoms with E-state index in [0.29, 0.717) is 10.7 Å². The molecule has 0 radical (unpaired) electrons. The molecule has 0 amide bonds. The zero-order valence-electron chi connectivity index (χ0n) is 20.0. The number of carbonyl (C=O) groups excluding carboxylic acids is 1. The van der Waals surface area contributed by atoms with Gasteiger partial charge in [-0.2, -0.15) is 4.58 Å². The number of aromatic amines is 1. The topological polar surface area (TPSA) is 61.6 Å². The number of rotatable bonds is 8. The summed E-state index contributed by atoms with van der Waals surface area (Å²) in [6, 6.07) is 13.9. The lowest BCUT2D eigenvalue weighted by Crippen LogP contribution is -2.24. The Balaban J connectivity index is 0.000000202. The zero-order chi connectivity index (χ0) is 24.7. The van der Waals surface area contributed by atoms with Crippen LogP contribution in [0.3, 0.4) is 0 Å². The Kier molecular flexibility index (Phi) is 9.02. The third-order valence-corrected chi connectivity index (χ3v) is 7.13. The number of H-pyrrole nitrogens is 1. The van der Waals surface area contributed by atoms with Crippen LogP contribution >= 0.6 is 23.4 Å². The molecule has 1 aliphatic heterocycles. The standard InChI is InChI=1S/C17H22N2S.C10H8ClN2O/c1-5-8-15-17(19-11-18-15)13(3)14(4)20-16-10-7-6-9-12(16)2;1-7(14)8-6-13(10(8)11)9-4-2-3-5-12-9/h6-7,9-11,13H,4-5,8H2,1-3H3,(H,18,19);2-6H,1H3/q;+1/t13-;/m1./s1. The molecule has 3 aromatic rings. The van der Waals surface area contributed by atoms with Crippen molar-refractivity contribution < 1.29 is 9.37 Å². The first-order chi connectivity index (χ1) is 16.3. The number of halogens is 1. The van der Waals surface area contributed by atoms with Crippen LogP contribution in [-0.4, -0.2) is 30.5 Å². The normalized spacial score (nSPS) is 13.4. The molecule has 7 heteroatoms. The van der Waals surface area contributed by atoms with Gasteiger partial charge < -0.3 is 4.98 Å². The van der Waals surface area contributed by atoms with E-state index in [2.05, 4.69) is 66.6 Å². The summed E-state index contributed by atoms with van der Waals surface area (Å²) in [4.78, 5) is 25.3. The van der Waals surface area contributed by atoms with Crippen molar-refractivity contribution in [1.29, 1.82) is 0 Å². The number of pyridine rings is 1. The number of imidazole rings is 1. The summed E-state index contributed by atoms with van der Waals surface area (Å²) in [7, 11) is 0. The van der Waals surface area contributed by atoms with Crippen molar-refractivity contribution in [3.05, 3.63) is 95.2 Å². The minimum absolute atomic E-state index is 0.0258. The third kappa shape index (κ3) is 6.13. The van der Waals surface area contributed by atoms with Crippen LogP contribution < -0.4 is 0 Å². The number of nitrogens with zero attached hydrogens (tertiary/aromatic N) is 3. The highest BCUT2D eigenvalue weighted by molar-refractivity contribution is 8.03. The highest BCUT2D eigenvalue weighted by Crippen LogP contribution is 2.37. The maximum atomic E-state index is 11.0. The second kappa shape index (κ2) is 12.0. The monoisotopic (exact) mass is 493 g/mol. The molecule has 1 aromatic carbocycles. The van der Waals surface area contributed by atoms with Crippen molar-refractivity contribution in [2.24, 2.45) is 0 Å². The Hall–Kier alpha value is -2.96. The summed E-state index contributed by atoms with van der Waals surface area (Å²) in [6.45, 7) is 12.3. The van der Waals surface area contributed by atoms with Gasteiger partial charge in [-0.15, -0.1) is 0 Å². The molecular weight excluding hydrogens is 464 g/mol. The van der Waals surface area contributed by atoms with Crippen LogP contribution in [-0.2, 0) is 11.2 Å². The van der Waals surface area contributed by atoms with Crippen molar-refractivity contribution in [1.82, 2.24) is 15.0 Å². The van der Waals surface area contributed by atoms with Crippen LogP contribution in [0.25, 0.3) is 0 Å². The number of allylic oxidation sites excluding steroid dienone is 2. The van der Waals surface area contributed by atoms with Crippen LogP contribution in [0.1, 0.15) is 50.1 Å². The van der Waals surface area contributed by atoms with Gasteiger partial charge >= 0.3 is 5.82 Å². The summed E-state index contributed by atoms with van der Waals surface area (Å²) >= 11 is 7.68. The van der Waals surface area contributed by atoms with Gasteiger partial charge in [0.25, 0.3) is 0 Å². The van der Waals surface area contributed by atoms with E-state index in [4.69, 9.17) is 11.6 Å². The highest BCUT2D eigenvalue weighted by Gasteiger charge is 2.29. The molecule has 34 heavy (non-hydrogen) atoms. The van der Waals surface area contributed by atoms with Gasteiger partial charge in [-0.3, -0.25) is 4.79 Å². The van der Waals surface area contributed by atoms with Gasteiger partial charge in [-0.1, -0.05) is 62.9 Å². The van der Waals surface area contributed by atoms with E-state index in [9.17, 15) is 4.79 Å². The van der Waals surface area contributed by atoms with Crippen molar-refractivity contribution in [2.75, 3.05) is 0 Å². The first-order valence-electron chi connectivity index (χ1n) is 11.2. The molecule has 3 heterocycles. The van der Waals surface area contributed by atoms with Crippen LogP contribution in [0.2, 0.25) is 0 Å². The molecule has 0 saturated heterocycles. The second-order valence-corrected chi connectivity index (χ2v) is 9.55. The van der Waals surface area contributed by atoms with E-state index < -0.39 is 0 Å². The largest absolute Gasteiger partial charge is 0.348 e. The van der Waals surface area contributed by atoms with Crippen molar-refractivity contribution in [2.45, 2.75) is 51.3 Å². The number of Topliss-reactive ketones (excluding diaryl/α,β-unsaturated/α-hetero) is 1. The molecule has 0 bridgehead atoms. The zero-order valence-corrected chi connectivity index (χ0v) is 21.6. The fourth-order valence-corrected chi connectivity index (χ4v) is 4.67. The number of ketones is 1. The van der Waals surface area contributed by atoms with Gasteiger partial charge in [0.2, 0.25) is 5.17 Å². The van der Waals surface area contributed by atoms with Crippen molar-refractivity contribution in [3.63, 3.8) is 0 Å². The maximum absolute atomic E-state index is 11.0. The highest BCUT2D eigenvalue weighted by atomic mass is 35.5. The predicted octanol–water partition coefficient (Wildman–Crippen LogP) is 6.93. The quantitative estimate of drug-likeness (QED) is 0.273. The fourth-order valence-electron chi connectivity index (χ4n) is 3.41. The van der Waals surface area contributed by atoms with E-state index >= 15 is 0 Å². The number of carbonyl (C=O) groups is 1. The van der Waals surface area contributed by atoms with Gasteiger partial charge in [0.05, 0.1) is 12.0 Å². The molecule has 0 unspecified atom stereocenters. The first-order valence-corrected chi connectivity index (χ1v) is 12.4. The molecule has 1 N–H and O–H groups in total. The lowest BCUT2D eigenvalue weighted by molar-refractivity contribution is -0.374. The molecule has 4 rings (SSSR count). The van der Waals surface area contributed by atoms with Crippen LogP contribution in [0, 0.1) is 6.92 Å². The average molecular weight is 494 g/mol. The summed E-state index contributed by atoms with van der Waals surface area (Å²) in [5.41, 5.74) is 4.23. The molecule has 0 saturated carbocycles. The molecule has 2 aromatic heterocycles. The summed E-state index contributed by atoms with van der Waals surface area (Å²) in [6.07, 6.45) is 7.33. The van der Waals surface area contributed by atoms with Crippen LogP contribution in [0.15, 0.2) is 83.1 Å². The maximum Gasteiger partial charge on any atom is 0.328 e. The van der Waals surface area contributed by atoms with Gasteiger partial charge in [-0.25, -0.2) is 4.98 Å². The lowest BCUT2D eigenvalue weighted by Gasteiger charge is -2.15. The molecule has 1 atom stereocenters. The summed E-state index contributed by atoms with van der Waals surface area (Å²) in [5, 5.41) is 0.441. The Morgan fingerprint density at radius 2 is 1.94 bits per heavy atom. The summed E-state index contributed by atoms with van der Waals surface area (Å²) < 4.78 is 1.68. The van der Waals surface area contributed by atoms with Gasteiger partial charge in [0, 0.05) is 22.6 Å². The Morgan fingerprint density at radius 3 is 2.56 bits per heavy atom. The minimum Gasteiger partial charge on any atom is -0.348 e. The average Bonchev–Trinajstić information content (AvgIpc) is 3.28. The van der Waals surface area contributed by atoms with E-state index in [1.807, 2.05) is 18.2 Å². The number of benzene rings is 1. The first kappa shape index (κ1) is 25.7. The van der Waals surface area contributed by atoms with Crippen LogP contribution in [0.5, 0.6) is 0 Å². The smallest absolute Gasteiger partial charge is 0.328 e. The van der Waals surface area contributed by atoms with Crippen LogP contribution in [0.4, 0.5) is 5.82 Å². The SMILES string of the molecule is C=C(Sc1ccccc1C)[C@@H](C)c1nc[nH]c1CCC.CC(=O)C1=C[N+](c2ccccn2)=C1Cl. The van der Waals surface area contributed by atoms with Crippen molar-refractivity contribution >= 4 is 40.1 Å². The number of aryl methyl sites for hydroxylation is 2. The number of hydrogen-bond donors (Lipinski definition) is 1. The molecule has 5 nitrogen and oxygen atoms in total. The Labute approximate surface area is 210 Å². The van der Waals surface area contributed by atoms with E-state index in [-0.39, 0.29) is 11.7 Å². The Bertz CT molecular complexity index is 1230. The molecule has 0 fully saturated rings. The van der Waals surface area contributed by atoms with E-state index in [1.165, 1.54) is 23.1 Å². The number of hydrogen-bond acceptors (Lipinski definition) is 4. The van der Waals surface area contributed by atoms with Gasteiger partial charge in [0.1, 0.15) is 18.0 Å². The third-order valence-electron chi connectivity index (χ3n) is 5.45. The second-order valence-electron chi connectivity index (χ2n) is 8.02. The fraction of sp³-hybridized carbons (Fsp3) is 0.259. The molecule has 1 aliphatic rings. The number of thioether (sulfide) groups is 1. The predicted molar refractivity (Wildman–Crippen MR) is 141 cm³/mol. The molecule has 0 spiro atoms. The lowest BCUT2D eigenvalue weighted by atomic mass is 10.0. The number of nitrogens with one attached hydrogen (secondary N) is 1. The Morgan fingerprint density at radius 1 is 1.21 bits per heavy atom. The van der Waals surface area contributed by atoms with Gasteiger partial charge in [0.15, 0.2) is 5.78 Å².